The van der Waals surface area contributed by atoms with Crippen molar-refractivity contribution in [2.75, 3.05) is 5.73 Å². The van der Waals surface area contributed by atoms with Gasteiger partial charge < -0.3 is 5.73 Å². The first-order chi connectivity index (χ1) is 6.16. The zero-order valence-electron chi connectivity index (χ0n) is 8.18. The molecule has 1 aromatic rings. The second kappa shape index (κ2) is 4.51. The Morgan fingerprint density at radius 2 is 2.15 bits per heavy atom. The van der Waals surface area contributed by atoms with Crippen molar-refractivity contribution in [1.29, 1.82) is 0 Å². The van der Waals surface area contributed by atoms with E-state index in [1.165, 1.54) is 12.8 Å². The third-order valence-corrected chi connectivity index (χ3v) is 2.53. The minimum absolute atomic E-state index is 0.593. The van der Waals surface area contributed by atoms with E-state index in [1.807, 2.05) is 6.92 Å². The van der Waals surface area contributed by atoms with E-state index in [-0.39, 0.29) is 0 Å². The molecular formula is C9H16ClN3. The minimum atomic E-state index is 0.593. The minimum Gasteiger partial charge on any atom is -0.383 e. The molecule has 0 radical (unpaired) electrons. The van der Waals surface area contributed by atoms with Crippen LogP contribution in [0, 0.1) is 6.92 Å². The van der Waals surface area contributed by atoms with Gasteiger partial charge in [0, 0.05) is 6.54 Å². The van der Waals surface area contributed by atoms with E-state index >= 15 is 0 Å². The summed E-state index contributed by atoms with van der Waals surface area (Å²) in [6, 6.07) is 0. The molecule has 0 saturated carbocycles. The molecule has 0 unspecified atom stereocenters. The first-order valence-electron chi connectivity index (χ1n) is 4.65. The molecule has 0 spiro atoms. The number of nitrogens with two attached hydrogens (primary N) is 1. The van der Waals surface area contributed by atoms with E-state index in [1.54, 1.807) is 4.68 Å². The molecule has 1 heterocycles. The molecule has 0 aromatic carbocycles. The Labute approximate surface area is 83.9 Å². The smallest absolute Gasteiger partial charge is 0.140 e. The number of nitrogens with zero attached hydrogens (tertiary/aromatic N) is 2. The van der Waals surface area contributed by atoms with Crippen molar-refractivity contribution >= 4 is 17.4 Å². The summed E-state index contributed by atoms with van der Waals surface area (Å²) in [6.07, 6.45) is 3.52. The van der Waals surface area contributed by atoms with Crippen LogP contribution in [0.5, 0.6) is 0 Å². The van der Waals surface area contributed by atoms with Crippen LogP contribution in [-0.4, -0.2) is 9.78 Å². The van der Waals surface area contributed by atoms with Crippen LogP contribution in [0.25, 0.3) is 0 Å². The van der Waals surface area contributed by atoms with Crippen LogP contribution in [-0.2, 0) is 6.54 Å². The molecule has 0 bridgehead atoms. The molecule has 0 fully saturated rings. The van der Waals surface area contributed by atoms with Gasteiger partial charge in [0.1, 0.15) is 10.8 Å². The fraction of sp³-hybridized carbons (Fsp3) is 0.667. The number of unbranched alkanes of at least 4 members (excludes halogenated alkanes) is 2. The molecule has 0 aliphatic rings. The summed E-state index contributed by atoms with van der Waals surface area (Å²) >= 11 is 5.90. The molecule has 0 atom stereocenters. The normalized spacial score (nSPS) is 10.7. The Morgan fingerprint density at radius 1 is 1.46 bits per heavy atom. The number of hydrogen-bond donors (Lipinski definition) is 1. The maximum absolute atomic E-state index is 5.90. The second-order valence-electron chi connectivity index (χ2n) is 3.21. The number of halogens is 1. The van der Waals surface area contributed by atoms with E-state index in [0.717, 1.165) is 18.7 Å². The van der Waals surface area contributed by atoms with E-state index in [0.29, 0.717) is 10.8 Å². The average molecular weight is 202 g/mol. The molecule has 3 nitrogen and oxygen atoms in total. The quantitative estimate of drug-likeness (QED) is 0.762. The summed E-state index contributed by atoms with van der Waals surface area (Å²) in [5.41, 5.74) is 6.57. The molecule has 13 heavy (non-hydrogen) atoms. The molecule has 74 valence electrons. The maximum Gasteiger partial charge on any atom is 0.140 e. The highest BCUT2D eigenvalue weighted by atomic mass is 35.5. The lowest BCUT2D eigenvalue weighted by atomic mass is 10.2. The largest absolute Gasteiger partial charge is 0.383 e. The summed E-state index contributed by atoms with van der Waals surface area (Å²) < 4.78 is 1.79. The van der Waals surface area contributed by atoms with Gasteiger partial charge in [0.2, 0.25) is 0 Å². The van der Waals surface area contributed by atoms with Crippen molar-refractivity contribution in [3.63, 3.8) is 0 Å². The lowest BCUT2D eigenvalue weighted by molar-refractivity contribution is 0.556. The molecule has 1 aromatic heterocycles. The number of aromatic nitrogens is 2. The molecule has 0 aliphatic heterocycles. The van der Waals surface area contributed by atoms with Crippen LogP contribution in [0.3, 0.4) is 0 Å². The van der Waals surface area contributed by atoms with Crippen molar-refractivity contribution in [3.8, 4) is 0 Å². The first kappa shape index (κ1) is 10.4. The fourth-order valence-corrected chi connectivity index (χ4v) is 1.39. The van der Waals surface area contributed by atoms with Crippen LogP contribution < -0.4 is 5.73 Å². The predicted molar refractivity (Wildman–Crippen MR) is 55.9 cm³/mol. The van der Waals surface area contributed by atoms with Crippen LogP contribution in [0.15, 0.2) is 0 Å². The first-order valence-corrected chi connectivity index (χ1v) is 5.03. The third-order valence-electron chi connectivity index (χ3n) is 2.06. The Hall–Kier alpha value is -0.700. The average Bonchev–Trinajstić information content (AvgIpc) is 2.34. The Morgan fingerprint density at radius 3 is 2.62 bits per heavy atom. The van der Waals surface area contributed by atoms with E-state index < -0.39 is 0 Å². The van der Waals surface area contributed by atoms with Crippen molar-refractivity contribution in [1.82, 2.24) is 9.78 Å². The van der Waals surface area contributed by atoms with Gasteiger partial charge in [0.05, 0.1) is 5.69 Å². The summed E-state index contributed by atoms with van der Waals surface area (Å²) in [7, 11) is 0. The predicted octanol–water partition coefficient (Wildman–Crippen LogP) is 2.62. The Kier molecular flexibility index (Phi) is 3.60. The number of anilines is 1. The molecule has 1 rings (SSSR count). The van der Waals surface area contributed by atoms with Crippen molar-refractivity contribution in [2.24, 2.45) is 0 Å². The van der Waals surface area contributed by atoms with Crippen molar-refractivity contribution in [3.05, 3.63) is 10.7 Å². The zero-order chi connectivity index (χ0) is 9.84. The van der Waals surface area contributed by atoms with E-state index in [9.17, 15) is 0 Å². The van der Waals surface area contributed by atoms with E-state index in [4.69, 9.17) is 17.3 Å². The van der Waals surface area contributed by atoms with Gasteiger partial charge in [-0.25, -0.2) is 4.68 Å². The zero-order valence-corrected chi connectivity index (χ0v) is 8.93. The van der Waals surface area contributed by atoms with Gasteiger partial charge in [-0.3, -0.25) is 0 Å². The molecule has 0 saturated heterocycles. The highest BCUT2D eigenvalue weighted by Gasteiger charge is 2.08. The molecular weight excluding hydrogens is 186 g/mol. The van der Waals surface area contributed by atoms with Gasteiger partial charge in [-0.15, -0.1) is 0 Å². The summed E-state index contributed by atoms with van der Waals surface area (Å²) in [5, 5.41) is 4.84. The summed E-state index contributed by atoms with van der Waals surface area (Å²) in [6.45, 7) is 4.91. The lowest BCUT2D eigenvalue weighted by Gasteiger charge is -2.02. The van der Waals surface area contributed by atoms with Crippen LogP contribution in [0.1, 0.15) is 31.9 Å². The van der Waals surface area contributed by atoms with Crippen LogP contribution in [0.4, 0.5) is 5.82 Å². The van der Waals surface area contributed by atoms with Gasteiger partial charge in [-0.2, -0.15) is 5.10 Å². The third kappa shape index (κ3) is 2.37. The van der Waals surface area contributed by atoms with Gasteiger partial charge in [-0.1, -0.05) is 31.4 Å². The van der Waals surface area contributed by atoms with Crippen LogP contribution >= 0.6 is 11.6 Å². The summed E-state index contributed by atoms with van der Waals surface area (Å²) in [5.74, 6) is 0.593. The van der Waals surface area contributed by atoms with Gasteiger partial charge in [0.25, 0.3) is 0 Å². The highest BCUT2D eigenvalue weighted by Crippen LogP contribution is 2.22. The number of hydrogen-bond acceptors (Lipinski definition) is 2. The lowest BCUT2D eigenvalue weighted by Crippen LogP contribution is -2.04. The monoisotopic (exact) mass is 201 g/mol. The second-order valence-corrected chi connectivity index (χ2v) is 3.59. The van der Waals surface area contributed by atoms with Crippen LogP contribution in [0.2, 0.25) is 5.02 Å². The molecule has 0 aliphatic carbocycles. The van der Waals surface area contributed by atoms with Crippen molar-refractivity contribution < 1.29 is 0 Å². The summed E-state index contributed by atoms with van der Waals surface area (Å²) in [4.78, 5) is 0. The van der Waals surface area contributed by atoms with E-state index in [2.05, 4.69) is 12.0 Å². The number of nitrogen functional groups attached to an aromatic ring is 1. The highest BCUT2D eigenvalue weighted by molar-refractivity contribution is 6.33. The topological polar surface area (TPSA) is 43.8 Å². The standard InChI is InChI=1S/C9H16ClN3/c1-3-4-5-6-13-9(11)8(10)7(2)12-13/h3-6,11H2,1-2H3. The fourth-order valence-electron chi connectivity index (χ4n) is 1.26. The molecule has 4 heteroatoms. The Balaban J connectivity index is 2.61. The molecule has 2 N–H and O–H groups in total. The van der Waals surface area contributed by atoms with Gasteiger partial charge in [-0.05, 0) is 13.3 Å². The number of aryl methyl sites for hydroxylation is 2. The maximum atomic E-state index is 5.90. The molecule has 0 amide bonds. The Bertz CT molecular complexity index is 281. The SMILES string of the molecule is CCCCCn1nc(C)c(Cl)c1N. The number of rotatable bonds is 4. The van der Waals surface area contributed by atoms with Crippen molar-refractivity contribution in [2.45, 2.75) is 39.7 Å². The van der Waals surface area contributed by atoms with Gasteiger partial charge in [0.15, 0.2) is 0 Å². The van der Waals surface area contributed by atoms with Gasteiger partial charge >= 0.3 is 0 Å².